The minimum absolute atomic E-state index is 0.0541. The van der Waals surface area contributed by atoms with Crippen LogP contribution < -0.4 is 5.32 Å². The van der Waals surface area contributed by atoms with Gasteiger partial charge in [0.2, 0.25) is 5.91 Å². The maximum absolute atomic E-state index is 10.7. The molecule has 0 aromatic carbocycles. The third-order valence-electron chi connectivity index (χ3n) is 1.23. The van der Waals surface area contributed by atoms with Gasteiger partial charge in [0.15, 0.2) is 0 Å². The summed E-state index contributed by atoms with van der Waals surface area (Å²) in [5, 5.41) is 3.18. The van der Waals surface area contributed by atoms with Crippen LogP contribution in [0.15, 0.2) is 0 Å². The topological polar surface area (TPSA) is 29.1 Å². The minimum atomic E-state index is -10.7. The van der Waals surface area contributed by atoms with Crippen LogP contribution in [0.3, 0.4) is 0 Å². The molecule has 0 unspecified atom stereocenters. The van der Waals surface area contributed by atoms with Crippen molar-refractivity contribution in [3.63, 3.8) is 0 Å². The molecule has 11 heteroatoms. The molecule has 1 N–H and O–H groups in total. The zero-order valence-corrected chi connectivity index (χ0v) is 12.6. The van der Waals surface area contributed by atoms with Crippen molar-refractivity contribution in [2.24, 2.45) is 0 Å². The summed E-state index contributed by atoms with van der Waals surface area (Å²) in [6.07, 6.45) is 0. The number of likely N-dealkylation sites (N-methyl/N-ethyl adjacent to an activating group) is 1. The molecular weight excluding hydrogens is 353 g/mol. The number of rotatable bonds is 4. The Hall–Kier alpha value is -0.0800. The molecule has 0 fully saturated rings. The third-order valence-corrected chi connectivity index (χ3v) is 1.74. The number of hydrogen-bond donors (Lipinski definition) is 1. The van der Waals surface area contributed by atoms with Crippen LogP contribution in [0, 0.1) is 0 Å². The molecule has 18 heavy (non-hydrogen) atoms. The average molecular weight is 369 g/mol. The van der Waals surface area contributed by atoms with Gasteiger partial charge in [-0.1, -0.05) is 15.9 Å². The third kappa shape index (κ3) is 44.5. The molecular formula is C7H16BrF6N2OP. The Morgan fingerprint density at radius 3 is 1.67 bits per heavy atom. The van der Waals surface area contributed by atoms with E-state index >= 15 is 0 Å². The first-order chi connectivity index (χ1) is 7.40. The van der Waals surface area contributed by atoms with Crippen LogP contribution >= 0.6 is 23.7 Å². The molecule has 1 amide bonds. The van der Waals surface area contributed by atoms with Crippen molar-refractivity contribution in [2.45, 2.75) is 0 Å². The zero-order valence-electron chi connectivity index (χ0n) is 10.1. The monoisotopic (exact) mass is 368 g/mol. The summed E-state index contributed by atoms with van der Waals surface area (Å²) in [5.74, 6) is 0.0541. The van der Waals surface area contributed by atoms with E-state index in [1.165, 1.54) is 0 Å². The first-order valence-corrected chi connectivity index (χ1v) is 7.75. The fourth-order valence-corrected chi connectivity index (χ4v) is 0.776. The summed E-state index contributed by atoms with van der Waals surface area (Å²) >= 11 is 3.08. The van der Waals surface area contributed by atoms with Crippen molar-refractivity contribution in [2.75, 3.05) is 39.6 Å². The summed E-state index contributed by atoms with van der Waals surface area (Å²) in [6, 6.07) is 0. The summed E-state index contributed by atoms with van der Waals surface area (Å²) in [5.41, 5.74) is 0. The summed E-state index contributed by atoms with van der Waals surface area (Å²) in [7, 11) is -4.36. The van der Waals surface area contributed by atoms with Gasteiger partial charge in [0.1, 0.15) is 0 Å². The number of nitrogens with one attached hydrogen (secondary N) is 1. The Balaban J connectivity index is 0. The number of carbonyl (C=O) groups excluding carboxylic acids is 1. The summed E-state index contributed by atoms with van der Waals surface area (Å²) in [6.45, 7) is 1.70. The number of alkyl halides is 1. The average Bonchev–Trinajstić information content (AvgIpc) is 1.95. The number of quaternary nitrogens is 1. The van der Waals surface area contributed by atoms with Gasteiger partial charge in [0.05, 0.1) is 39.6 Å². The molecule has 0 atom stereocenters. The molecule has 0 saturated carbocycles. The quantitative estimate of drug-likeness (QED) is 0.349. The van der Waals surface area contributed by atoms with Crippen LogP contribution in [0.1, 0.15) is 0 Å². The molecule has 0 aliphatic carbocycles. The first-order valence-electron chi connectivity index (χ1n) is 4.60. The maximum atomic E-state index is 10.7. The second-order valence-corrected chi connectivity index (χ2v) is 6.93. The Bertz CT molecular complexity index is 273. The van der Waals surface area contributed by atoms with Gasteiger partial charge in [-0.25, -0.2) is 0 Å². The normalized spacial score (nSPS) is 15.9. The van der Waals surface area contributed by atoms with Crippen LogP contribution in [0.4, 0.5) is 25.2 Å². The van der Waals surface area contributed by atoms with Crippen molar-refractivity contribution < 1.29 is 34.5 Å². The van der Waals surface area contributed by atoms with E-state index in [1.54, 1.807) is 0 Å². The van der Waals surface area contributed by atoms with Gasteiger partial charge < -0.3 is 9.80 Å². The SMILES string of the molecule is C[N+](C)(C)CCNC(=O)CBr.F[P-](F)(F)(F)(F)F. The van der Waals surface area contributed by atoms with Crippen LogP contribution in [-0.4, -0.2) is 50.0 Å². The van der Waals surface area contributed by atoms with E-state index in [-0.39, 0.29) is 5.91 Å². The van der Waals surface area contributed by atoms with Crippen molar-refractivity contribution in [3.8, 4) is 0 Å². The Labute approximate surface area is 109 Å². The molecule has 0 bridgehead atoms. The Kier molecular flexibility index (Phi) is 6.19. The molecule has 0 aliphatic rings. The summed E-state index contributed by atoms with van der Waals surface area (Å²) in [4.78, 5) is 10.7. The fraction of sp³-hybridized carbons (Fsp3) is 0.857. The molecule has 0 heterocycles. The standard InChI is InChI=1S/C7H15BrN2O.F6P/c1-10(2,3)5-4-9-7(11)6-8;1-7(2,3,4,5)6/h4-6H2,1-3H3;/q;-1/p+1. The first kappa shape index (κ1) is 20.2. The van der Waals surface area contributed by atoms with Crippen LogP contribution in [0.2, 0.25) is 0 Å². The summed E-state index contributed by atoms with van der Waals surface area (Å²) < 4.78 is 60.1. The Morgan fingerprint density at radius 2 is 1.44 bits per heavy atom. The molecule has 0 aliphatic heterocycles. The molecule has 3 nitrogen and oxygen atoms in total. The predicted octanol–water partition coefficient (Wildman–Crippen LogP) is 3.59. The molecule has 114 valence electrons. The molecule has 0 radical (unpaired) electrons. The van der Waals surface area contributed by atoms with Gasteiger partial charge in [-0.3, -0.25) is 4.79 Å². The second kappa shape index (κ2) is 5.50. The molecule has 0 aromatic rings. The van der Waals surface area contributed by atoms with E-state index in [9.17, 15) is 30.0 Å². The van der Waals surface area contributed by atoms with Crippen molar-refractivity contribution in [1.82, 2.24) is 5.32 Å². The van der Waals surface area contributed by atoms with E-state index in [1.807, 2.05) is 0 Å². The number of halogens is 7. The Morgan fingerprint density at radius 1 is 1.11 bits per heavy atom. The number of nitrogens with zero attached hydrogens (tertiary/aromatic N) is 1. The molecule has 0 rings (SSSR count). The van der Waals surface area contributed by atoms with Crippen LogP contribution in [0.25, 0.3) is 0 Å². The van der Waals surface area contributed by atoms with E-state index in [4.69, 9.17) is 0 Å². The molecule has 0 spiro atoms. The fourth-order valence-electron chi connectivity index (χ4n) is 0.578. The molecule has 0 aromatic heterocycles. The predicted molar refractivity (Wildman–Crippen MR) is 63.3 cm³/mol. The van der Waals surface area contributed by atoms with Crippen molar-refractivity contribution >= 4 is 29.6 Å². The number of carbonyl (C=O) groups is 1. The van der Waals surface area contributed by atoms with Gasteiger partial charge >= 0.3 is 33.0 Å². The van der Waals surface area contributed by atoms with Gasteiger partial charge in [0, 0.05) is 0 Å². The van der Waals surface area contributed by atoms with Crippen LogP contribution in [0.5, 0.6) is 0 Å². The van der Waals surface area contributed by atoms with E-state index in [2.05, 4.69) is 42.4 Å². The zero-order chi connectivity index (χ0) is 15.3. The van der Waals surface area contributed by atoms with Gasteiger partial charge in [0.25, 0.3) is 0 Å². The van der Waals surface area contributed by atoms with Crippen molar-refractivity contribution in [1.29, 1.82) is 0 Å². The van der Waals surface area contributed by atoms with Gasteiger partial charge in [-0.05, 0) is 0 Å². The van der Waals surface area contributed by atoms with E-state index in [0.717, 1.165) is 17.6 Å². The van der Waals surface area contributed by atoms with Gasteiger partial charge in [-0.2, -0.15) is 0 Å². The van der Waals surface area contributed by atoms with Crippen molar-refractivity contribution in [3.05, 3.63) is 0 Å². The number of amides is 1. The molecule has 0 saturated heterocycles. The van der Waals surface area contributed by atoms with Crippen LogP contribution in [-0.2, 0) is 4.79 Å². The van der Waals surface area contributed by atoms with E-state index < -0.39 is 7.81 Å². The van der Waals surface area contributed by atoms with E-state index in [0.29, 0.717) is 5.33 Å². The second-order valence-electron chi connectivity index (χ2n) is 4.46. The number of hydrogen-bond acceptors (Lipinski definition) is 1. The van der Waals surface area contributed by atoms with Gasteiger partial charge in [-0.15, -0.1) is 0 Å².